The highest BCUT2D eigenvalue weighted by atomic mass is 32.2. The number of benzene rings is 2. The van der Waals surface area contributed by atoms with E-state index in [-0.39, 0.29) is 33.2 Å². The molecule has 2 heterocycles. The van der Waals surface area contributed by atoms with Gasteiger partial charge in [-0.05, 0) is 55.5 Å². The summed E-state index contributed by atoms with van der Waals surface area (Å²) in [5.41, 5.74) is 4.05. The van der Waals surface area contributed by atoms with Gasteiger partial charge in [0.05, 0.1) is 21.3 Å². The summed E-state index contributed by atoms with van der Waals surface area (Å²) in [6, 6.07) is 9.05. The first-order chi connectivity index (χ1) is 19.2. The Morgan fingerprint density at radius 1 is 1.10 bits per heavy atom. The van der Waals surface area contributed by atoms with Crippen LogP contribution in [0.25, 0.3) is 11.3 Å². The van der Waals surface area contributed by atoms with Crippen molar-refractivity contribution in [2.75, 3.05) is 51.1 Å². The van der Waals surface area contributed by atoms with Crippen LogP contribution < -0.4 is 19.1 Å². The molecule has 6 rings (SSSR count). The minimum absolute atomic E-state index is 0.0464. The summed E-state index contributed by atoms with van der Waals surface area (Å²) >= 11 is 0. The van der Waals surface area contributed by atoms with E-state index in [2.05, 4.69) is 37.9 Å². The van der Waals surface area contributed by atoms with E-state index in [4.69, 9.17) is 19.0 Å². The fourth-order valence-corrected chi connectivity index (χ4v) is 6.85. The number of fused-ring (bicyclic) bond motifs is 4. The molecule has 1 saturated carbocycles. The molecule has 1 aromatic heterocycles. The Morgan fingerprint density at radius 2 is 1.80 bits per heavy atom. The van der Waals surface area contributed by atoms with E-state index >= 15 is 0 Å². The quantitative estimate of drug-likeness (QED) is 0.301. The lowest BCUT2D eigenvalue weighted by Crippen LogP contribution is -2.37. The fourth-order valence-electron chi connectivity index (χ4n) is 5.52. The van der Waals surface area contributed by atoms with E-state index in [9.17, 15) is 13.2 Å². The normalized spacial score (nSPS) is 16.6. The van der Waals surface area contributed by atoms with Crippen LogP contribution in [0, 0.1) is 0 Å². The highest BCUT2D eigenvalue weighted by Gasteiger charge is 2.51. The molecule has 13 heteroatoms. The van der Waals surface area contributed by atoms with Gasteiger partial charge in [0.15, 0.2) is 16.5 Å². The van der Waals surface area contributed by atoms with Crippen LogP contribution in [0.15, 0.2) is 39.8 Å². The van der Waals surface area contributed by atoms with Crippen molar-refractivity contribution in [3.05, 3.63) is 47.0 Å². The molecule has 0 bridgehead atoms. The summed E-state index contributed by atoms with van der Waals surface area (Å²) in [4.78, 5) is 24.0. The Bertz CT molecular complexity index is 1570. The Kier molecular flexibility index (Phi) is 6.39. The molecule has 3 aliphatic rings. The maximum Gasteiger partial charge on any atom is 0.279 e. The lowest BCUT2D eigenvalue weighted by molar-refractivity contribution is -0.383. The second-order valence-electron chi connectivity index (χ2n) is 10.2. The number of amides is 1. The Labute approximate surface area is 231 Å². The summed E-state index contributed by atoms with van der Waals surface area (Å²) in [5.74, 6) is -0.0949. The number of anilines is 2. The minimum atomic E-state index is -4.30. The second-order valence-corrected chi connectivity index (χ2v) is 11.8. The summed E-state index contributed by atoms with van der Waals surface area (Å²) < 4.78 is 46.7. The van der Waals surface area contributed by atoms with Gasteiger partial charge < -0.3 is 18.9 Å². The lowest BCUT2D eigenvalue weighted by Gasteiger charge is -2.34. The van der Waals surface area contributed by atoms with Crippen LogP contribution >= 0.6 is 0 Å². The lowest BCUT2D eigenvalue weighted by atomic mass is 9.79. The van der Waals surface area contributed by atoms with Gasteiger partial charge in [-0.15, -0.1) is 4.99 Å². The van der Waals surface area contributed by atoms with Crippen molar-refractivity contribution in [1.82, 2.24) is 10.2 Å². The van der Waals surface area contributed by atoms with Crippen molar-refractivity contribution in [3.63, 3.8) is 0 Å². The van der Waals surface area contributed by atoms with Crippen molar-refractivity contribution in [1.29, 1.82) is 0 Å². The van der Waals surface area contributed by atoms with E-state index in [1.807, 2.05) is 0 Å². The third-order valence-electron chi connectivity index (χ3n) is 7.88. The summed E-state index contributed by atoms with van der Waals surface area (Å²) in [6.45, 7) is 2.03. The maximum absolute atomic E-state index is 13.8. The Balaban J connectivity index is 1.37. The number of nitrogens with one attached hydrogen (secondary N) is 1. The number of carbonyl (C=O) groups is 1. The number of hydrogen-bond acceptors (Lipinski definition) is 10. The average molecular weight is 571 g/mol. The van der Waals surface area contributed by atoms with Crippen molar-refractivity contribution in [2.45, 2.75) is 36.0 Å². The van der Waals surface area contributed by atoms with Crippen LogP contribution in [0.5, 0.6) is 11.5 Å². The topological polar surface area (TPSA) is 133 Å². The average Bonchev–Trinajstić information content (AvgIpc) is 3.58. The van der Waals surface area contributed by atoms with Gasteiger partial charge in [0.1, 0.15) is 11.5 Å². The first-order valence-electron chi connectivity index (χ1n) is 12.9. The number of nitrogens with zero attached hydrogens (tertiary/aromatic N) is 3. The smallest absolute Gasteiger partial charge is 0.279 e. The van der Waals surface area contributed by atoms with Crippen LogP contribution in [0.4, 0.5) is 11.5 Å². The molecule has 0 atom stereocenters. The fraction of sp³-hybridized carbons (Fsp3) is 0.407. The first kappa shape index (κ1) is 26.4. The van der Waals surface area contributed by atoms with Crippen LogP contribution in [0.3, 0.4) is 0 Å². The Morgan fingerprint density at radius 3 is 2.38 bits per heavy atom. The van der Waals surface area contributed by atoms with E-state index in [0.717, 1.165) is 47.8 Å². The van der Waals surface area contributed by atoms with Crippen LogP contribution in [0.1, 0.15) is 40.7 Å². The number of methoxy groups -OCH3 is 2. The van der Waals surface area contributed by atoms with Gasteiger partial charge in [-0.25, -0.2) is 13.3 Å². The van der Waals surface area contributed by atoms with Crippen LogP contribution in [0.2, 0.25) is 0 Å². The van der Waals surface area contributed by atoms with Gasteiger partial charge in [0.25, 0.3) is 15.9 Å². The highest BCUT2D eigenvalue weighted by molar-refractivity contribution is 7.93. The molecule has 1 spiro atoms. The zero-order valence-corrected chi connectivity index (χ0v) is 23.5. The zero-order chi connectivity index (χ0) is 28.2. The molecule has 2 fully saturated rings. The highest BCUT2D eigenvalue weighted by Crippen LogP contribution is 2.59. The molecule has 1 saturated heterocycles. The van der Waals surface area contributed by atoms with Gasteiger partial charge in [-0.2, -0.15) is 5.06 Å². The summed E-state index contributed by atoms with van der Waals surface area (Å²) in [6.07, 6.45) is 3.81. The molecule has 2 aromatic carbocycles. The number of sulfonamides is 1. The third kappa shape index (κ3) is 4.25. The molecule has 12 nitrogen and oxygen atoms in total. The number of carbonyl (C=O) groups excluding carboxylic acids is 1. The molecular weight excluding hydrogens is 540 g/mol. The van der Waals surface area contributed by atoms with Crippen molar-refractivity contribution >= 4 is 27.4 Å². The molecule has 0 unspecified atom stereocenters. The van der Waals surface area contributed by atoms with E-state index in [1.165, 1.54) is 52.5 Å². The van der Waals surface area contributed by atoms with Gasteiger partial charge in [0.2, 0.25) is 0 Å². The first-order valence-corrected chi connectivity index (χ1v) is 14.4. The number of hydroxylamine groups is 2. The van der Waals surface area contributed by atoms with E-state index in [0.29, 0.717) is 12.2 Å². The van der Waals surface area contributed by atoms with Crippen molar-refractivity contribution in [3.8, 4) is 22.8 Å². The number of aromatic nitrogens is 1. The summed E-state index contributed by atoms with van der Waals surface area (Å²) in [5, 5.41) is 5.01. The van der Waals surface area contributed by atoms with E-state index < -0.39 is 15.9 Å². The predicted octanol–water partition coefficient (Wildman–Crippen LogP) is 3.52. The van der Waals surface area contributed by atoms with Crippen LogP contribution in [-0.4, -0.2) is 66.0 Å². The van der Waals surface area contributed by atoms with Crippen molar-refractivity contribution in [2.24, 2.45) is 0 Å². The van der Waals surface area contributed by atoms with Gasteiger partial charge >= 0.3 is 0 Å². The SMILES string of the molecule is COON(C)C(=O)c1cc(OC)c(S(=O)(=O)Nc2noc3c2CC2(CC2)c2ccc(N4CCC4)cc2-3)c(OC)c1. The second kappa shape index (κ2) is 9.68. The molecule has 1 amide bonds. The minimum Gasteiger partial charge on any atom is -0.495 e. The number of hydrogen-bond donors (Lipinski definition) is 1. The maximum atomic E-state index is 13.8. The molecule has 2 aliphatic carbocycles. The molecule has 0 radical (unpaired) electrons. The molecule has 1 N–H and O–H groups in total. The molecule has 1 aliphatic heterocycles. The molecule has 3 aromatic rings. The van der Waals surface area contributed by atoms with Crippen LogP contribution in [-0.2, 0) is 31.7 Å². The largest absolute Gasteiger partial charge is 0.495 e. The zero-order valence-electron chi connectivity index (χ0n) is 22.6. The third-order valence-corrected chi connectivity index (χ3v) is 9.28. The van der Waals surface area contributed by atoms with E-state index in [1.54, 1.807) is 0 Å². The molecular formula is C27H30N4O8S. The Hall–Kier alpha value is -3.81. The monoisotopic (exact) mass is 570 g/mol. The number of rotatable bonds is 9. The summed E-state index contributed by atoms with van der Waals surface area (Å²) in [7, 11) is 0.914. The standard InChI is InChI=1S/C27H30N4O8S/c1-30(39-37-4)26(32)16-12-21(35-2)24(22(13-16)36-3)40(33,34)29-25-19-15-27(8-9-27)20-7-6-17(31-10-5-11-31)14-18(20)23(19)38-28-25/h6-7,12-14H,5,8-11,15H2,1-4H3,(H,28,29). The van der Waals surface area contributed by atoms with Gasteiger partial charge in [-0.1, -0.05) is 11.2 Å². The van der Waals surface area contributed by atoms with Gasteiger partial charge in [0, 0.05) is 47.9 Å². The van der Waals surface area contributed by atoms with Crippen molar-refractivity contribution < 1.29 is 37.1 Å². The number of ether oxygens (including phenoxy) is 2. The molecule has 212 valence electrons. The van der Waals surface area contributed by atoms with Gasteiger partial charge in [-0.3, -0.25) is 9.52 Å². The molecule has 40 heavy (non-hydrogen) atoms. The predicted molar refractivity (Wildman–Crippen MR) is 144 cm³/mol.